The molecule has 190 valence electrons. The number of nitrogens with zero attached hydrogens (tertiary/aromatic N) is 3. The van der Waals surface area contributed by atoms with Gasteiger partial charge in [-0.2, -0.15) is 0 Å². The summed E-state index contributed by atoms with van der Waals surface area (Å²) in [5.41, 5.74) is 2.18. The van der Waals surface area contributed by atoms with Crippen LogP contribution in [0.3, 0.4) is 0 Å². The molecular formula is C30H31N3O4. The maximum absolute atomic E-state index is 13.5. The molecule has 1 N–H and O–H groups in total. The second-order valence-electron chi connectivity index (χ2n) is 10.1. The molecule has 0 spiro atoms. The molecule has 3 heterocycles. The third kappa shape index (κ3) is 4.79. The molecule has 2 saturated heterocycles. The van der Waals surface area contributed by atoms with Crippen LogP contribution in [0.4, 0.5) is 0 Å². The summed E-state index contributed by atoms with van der Waals surface area (Å²) in [5.74, 6) is -0.741. The van der Waals surface area contributed by atoms with E-state index in [1.54, 1.807) is 11.1 Å². The predicted octanol–water partition coefficient (Wildman–Crippen LogP) is 3.74. The molecule has 37 heavy (non-hydrogen) atoms. The number of carbonyl (C=O) groups is 3. The van der Waals surface area contributed by atoms with Crippen molar-refractivity contribution in [3.8, 4) is 11.1 Å². The van der Waals surface area contributed by atoms with Crippen molar-refractivity contribution in [2.75, 3.05) is 20.1 Å². The molecule has 2 aromatic carbocycles. The summed E-state index contributed by atoms with van der Waals surface area (Å²) in [5, 5.41) is 10.7. The number of piperidine rings is 1. The molecule has 2 atom stereocenters. The number of imide groups is 1. The number of likely N-dealkylation sites (tertiary alicyclic amines) is 2. The molecule has 3 amide bonds. The number of likely N-dealkylation sites (N-methyl/N-ethyl adjacent to an activating group) is 1. The van der Waals surface area contributed by atoms with E-state index in [0.29, 0.717) is 37.2 Å². The van der Waals surface area contributed by atoms with Crippen molar-refractivity contribution in [2.24, 2.45) is 5.92 Å². The van der Waals surface area contributed by atoms with Gasteiger partial charge in [-0.1, -0.05) is 60.7 Å². The van der Waals surface area contributed by atoms with Gasteiger partial charge in [0.1, 0.15) is 0 Å². The molecule has 2 fully saturated rings. The molecule has 2 aliphatic rings. The van der Waals surface area contributed by atoms with Crippen LogP contribution in [0, 0.1) is 5.92 Å². The van der Waals surface area contributed by atoms with Crippen LogP contribution in [-0.2, 0) is 19.8 Å². The van der Waals surface area contributed by atoms with E-state index in [1.807, 2.05) is 72.8 Å². The highest BCUT2D eigenvalue weighted by Gasteiger charge is 2.53. The van der Waals surface area contributed by atoms with Crippen molar-refractivity contribution < 1.29 is 19.5 Å². The third-order valence-corrected chi connectivity index (χ3v) is 7.87. The van der Waals surface area contributed by atoms with E-state index in [9.17, 15) is 19.5 Å². The van der Waals surface area contributed by atoms with Gasteiger partial charge in [0.15, 0.2) is 0 Å². The largest absolute Gasteiger partial charge is 0.387 e. The van der Waals surface area contributed by atoms with Gasteiger partial charge in [0.05, 0.1) is 17.2 Å². The highest BCUT2D eigenvalue weighted by Crippen LogP contribution is 2.41. The molecule has 5 rings (SSSR count). The van der Waals surface area contributed by atoms with Gasteiger partial charge >= 0.3 is 0 Å². The smallest absolute Gasteiger partial charge is 0.240 e. The van der Waals surface area contributed by atoms with Gasteiger partial charge < -0.3 is 10.0 Å². The van der Waals surface area contributed by atoms with Crippen molar-refractivity contribution in [3.05, 3.63) is 90.3 Å². The first-order valence-corrected chi connectivity index (χ1v) is 12.7. The summed E-state index contributed by atoms with van der Waals surface area (Å²) in [6.07, 6.45) is 2.22. The van der Waals surface area contributed by atoms with Crippen LogP contribution in [0.1, 0.15) is 43.0 Å². The summed E-state index contributed by atoms with van der Waals surface area (Å²) < 4.78 is 0. The summed E-state index contributed by atoms with van der Waals surface area (Å²) in [6.45, 7) is 0.989. The molecular weight excluding hydrogens is 466 g/mol. The maximum atomic E-state index is 13.5. The number of amides is 3. The zero-order valence-corrected chi connectivity index (χ0v) is 20.9. The number of hydrogen-bond acceptors (Lipinski definition) is 5. The van der Waals surface area contributed by atoms with E-state index in [1.165, 1.54) is 7.05 Å². The summed E-state index contributed by atoms with van der Waals surface area (Å²) in [7, 11) is 1.49. The number of pyridine rings is 1. The number of aromatic nitrogens is 1. The molecule has 0 bridgehead atoms. The first-order chi connectivity index (χ1) is 17.9. The topological polar surface area (TPSA) is 90.8 Å². The van der Waals surface area contributed by atoms with Gasteiger partial charge in [-0.25, -0.2) is 0 Å². The van der Waals surface area contributed by atoms with Crippen molar-refractivity contribution in [3.63, 3.8) is 0 Å². The van der Waals surface area contributed by atoms with E-state index in [2.05, 4.69) is 4.98 Å². The van der Waals surface area contributed by atoms with Gasteiger partial charge in [0.25, 0.3) is 0 Å². The first-order valence-electron chi connectivity index (χ1n) is 12.7. The van der Waals surface area contributed by atoms with Crippen LogP contribution in [0.25, 0.3) is 11.1 Å². The zero-order chi connectivity index (χ0) is 26.0. The lowest BCUT2D eigenvalue weighted by Crippen LogP contribution is -2.45. The Balaban J connectivity index is 1.32. The average Bonchev–Trinajstić information content (AvgIpc) is 3.17. The second kappa shape index (κ2) is 10.3. The molecule has 1 aromatic heterocycles. The van der Waals surface area contributed by atoms with E-state index in [4.69, 9.17) is 0 Å². The van der Waals surface area contributed by atoms with Crippen LogP contribution in [-0.4, -0.2) is 57.7 Å². The lowest BCUT2D eigenvalue weighted by Gasteiger charge is -2.36. The summed E-state index contributed by atoms with van der Waals surface area (Å²) >= 11 is 0. The van der Waals surface area contributed by atoms with Gasteiger partial charge in [0.2, 0.25) is 17.7 Å². The van der Waals surface area contributed by atoms with Crippen molar-refractivity contribution >= 4 is 17.7 Å². The molecule has 2 aliphatic heterocycles. The first kappa shape index (κ1) is 24.8. The van der Waals surface area contributed by atoms with Crippen LogP contribution in [0.5, 0.6) is 0 Å². The number of rotatable bonds is 6. The average molecular weight is 498 g/mol. The number of benzene rings is 2. The summed E-state index contributed by atoms with van der Waals surface area (Å²) in [4.78, 5) is 46.7. The quantitative estimate of drug-likeness (QED) is 0.524. The minimum absolute atomic E-state index is 0.0132. The van der Waals surface area contributed by atoms with E-state index in [0.717, 1.165) is 16.0 Å². The number of aliphatic hydroxyl groups excluding tert-OH is 1. The Hall–Kier alpha value is -3.84. The fraction of sp³-hybridized carbons (Fsp3) is 0.333. The van der Waals surface area contributed by atoms with E-state index in [-0.39, 0.29) is 36.5 Å². The predicted molar refractivity (Wildman–Crippen MR) is 139 cm³/mol. The Morgan fingerprint density at radius 3 is 2.22 bits per heavy atom. The number of carbonyl (C=O) groups excluding carboxylic acids is 3. The SMILES string of the molecule is CN1C(=O)C[C@@](CC(=O)N2CCC([C@@H](O)c3ccccn3)CC2)(c2ccc(-c3ccccc3)cc2)C1=O. The molecule has 7 nitrogen and oxygen atoms in total. The highest BCUT2D eigenvalue weighted by molar-refractivity contribution is 6.10. The second-order valence-corrected chi connectivity index (χ2v) is 10.1. The standard InChI is InChI=1S/C30H31N3O4/c1-32-26(34)19-30(29(32)37,24-12-10-22(11-13-24)21-7-3-2-4-8-21)20-27(35)33-17-14-23(15-18-33)28(36)25-9-5-6-16-31-25/h2-13,16,23,28,36H,14-15,17-20H2,1H3/t28-,30-/m1/s1. The molecule has 0 saturated carbocycles. The molecule has 0 unspecified atom stereocenters. The highest BCUT2D eigenvalue weighted by atomic mass is 16.3. The van der Waals surface area contributed by atoms with Crippen molar-refractivity contribution in [1.29, 1.82) is 0 Å². The van der Waals surface area contributed by atoms with Crippen molar-refractivity contribution in [1.82, 2.24) is 14.8 Å². The van der Waals surface area contributed by atoms with Gasteiger partial charge in [-0.15, -0.1) is 0 Å². The fourth-order valence-corrected chi connectivity index (χ4v) is 5.59. The molecule has 0 radical (unpaired) electrons. The van der Waals surface area contributed by atoms with E-state index < -0.39 is 11.5 Å². The fourth-order valence-electron chi connectivity index (χ4n) is 5.59. The Kier molecular flexibility index (Phi) is 6.89. The third-order valence-electron chi connectivity index (χ3n) is 7.87. The van der Waals surface area contributed by atoms with Gasteiger partial charge in [0, 0.05) is 39.2 Å². The minimum Gasteiger partial charge on any atom is -0.387 e. The number of aliphatic hydroxyl groups is 1. The Bertz CT molecular complexity index is 1270. The lowest BCUT2D eigenvalue weighted by molar-refractivity contribution is -0.142. The Morgan fingerprint density at radius 1 is 0.973 bits per heavy atom. The molecule has 7 heteroatoms. The van der Waals surface area contributed by atoms with Gasteiger partial charge in [-0.3, -0.25) is 24.3 Å². The summed E-state index contributed by atoms with van der Waals surface area (Å²) in [6, 6.07) is 23.0. The zero-order valence-electron chi connectivity index (χ0n) is 20.9. The number of hydrogen-bond donors (Lipinski definition) is 1. The van der Waals surface area contributed by atoms with Crippen LogP contribution in [0.2, 0.25) is 0 Å². The normalized spacial score (nSPS) is 21.4. The lowest BCUT2D eigenvalue weighted by atomic mass is 9.75. The maximum Gasteiger partial charge on any atom is 0.240 e. The minimum atomic E-state index is -1.21. The monoisotopic (exact) mass is 497 g/mol. The molecule has 0 aliphatic carbocycles. The Labute approximate surface area is 216 Å². The van der Waals surface area contributed by atoms with Crippen molar-refractivity contribution in [2.45, 2.75) is 37.2 Å². The van der Waals surface area contributed by atoms with Crippen LogP contribution >= 0.6 is 0 Å². The van der Waals surface area contributed by atoms with E-state index >= 15 is 0 Å². The van der Waals surface area contributed by atoms with Gasteiger partial charge in [-0.05, 0) is 47.6 Å². The van der Waals surface area contributed by atoms with Crippen LogP contribution in [0.15, 0.2) is 79.0 Å². The van der Waals surface area contributed by atoms with Crippen LogP contribution < -0.4 is 0 Å². The molecule has 3 aromatic rings. The Morgan fingerprint density at radius 2 is 1.62 bits per heavy atom.